The Balaban J connectivity index is 1.70. The molecule has 2 saturated carbocycles. The zero-order chi connectivity index (χ0) is 28.3. The van der Waals surface area contributed by atoms with Gasteiger partial charge in [-0.15, -0.1) is 0 Å². The molecular weight excluding hydrogens is 474 g/mol. The first-order valence-corrected chi connectivity index (χ1v) is 14.7. The van der Waals surface area contributed by atoms with Crippen molar-refractivity contribution in [1.82, 2.24) is 0 Å². The van der Waals surface area contributed by atoms with Gasteiger partial charge in [0.05, 0.1) is 0 Å². The fraction of sp³-hybridized carbons (Fsp3) is 0.719. The van der Waals surface area contributed by atoms with Gasteiger partial charge in [0.15, 0.2) is 0 Å². The predicted octanol–water partition coefficient (Wildman–Crippen LogP) is 7.86. The van der Waals surface area contributed by atoms with Crippen LogP contribution in [0.5, 0.6) is 0 Å². The number of rotatable bonds is 6. The van der Waals surface area contributed by atoms with E-state index in [0.29, 0.717) is 28.9 Å². The van der Waals surface area contributed by atoms with Crippen molar-refractivity contribution in [3.8, 4) is 0 Å². The zero-order valence-electron chi connectivity index (χ0n) is 25.0. The van der Waals surface area contributed by atoms with Crippen molar-refractivity contribution in [2.24, 2.45) is 40.4 Å². The normalized spacial score (nSPS) is 24.6. The maximum Gasteiger partial charge on any atom is 0.227 e. The van der Waals surface area contributed by atoms with Crippen molar-refractivity contribution in [3.63, 3.8) is 0 Å². The molecule has 0 aliphatic heterocycles. The van der Waals surface area contributed by atoms with Gasteiger partial charge >= 0.3 is 0 Å². The van der Waals surface area contributed by atoms with Gasteiger partial charge in [-0.1, -0.05) is 55.4 Å². The Labute approximate surface area is 230 Å². The second-order valence-corrected chi connectivity index (χ2v) is 14.3. The van der Waals surface area contributed by atoms with Crippen molar-refractivity contribution in [1.29, 1.82) is 0 Å². The number of nitrogens with one attached hydrogen (secondary N) is 3. The zero-order valence-corrected chi connectivity index (χ0v) is 25.0. The summed E-state index contributed by atoms with van der Waals surface area (Å²) in [4.78, 5) is 38.8. The summed E-state index contributed by atoms with van der Waals surface area (Å²) in [5, 5.41) is 9.10. The van der Waals surface area contributed by atoms with E-state index in [-0.39, 0.29) is 46.3 Å². The van der Waals surface area contributed by atoms with Gasteiger partial charge in [-0.2, -0.15) is 0 Å². The summed E-state index contributed by atoms with van der Waals surface area (Å²) in [5.74, 6) is 0.999. The van der Waals surface area contributed by atoms with E-state index < -0.39 is 0 Å². The molecule has 0 aromatic heterocycles. The van der Waals surface area contributed by atoms with Gasteiger partial charge in [0.2, 0.25) is 17.7 Å². The Morgan fingerprint density at radius 3 is 1.21 bits per heavy atom. The van der Waals surface area contributed by atoms with Gasteiger partial charge in [0.25, 0.3) is 0 Å². The van der Waals surface area contributed by atoms with Crippen molar-refractivity contribution >= 4 is 34.8 Å². The van der Waals surface area contributed by atoms with Crippen molar-refractivity contribution in [3.05, 3.63) is 18.2 Å². The molecule has 0 spiro atoms. The van der Waals surface area contributed by atoms with Gasteiger partial charge in [0.1, 0.15) is 0 Å². The maximum absolute atomic E-state index is 13.2. The van der Waals surface area contributed by atoms with Crippen LogP contribution in [0.25, 0.3) is 0 Å². The number of carbonyl (C=O) groups excluding carboxylic acids is 3. The van der Waals surface area contributed by atoms with Crippen molar-refractivity contribution in [2.75, 3.05) is 16.0 Å². The first kappa shape index (κ1) is 30.2. The van der Waals surface area contributed by atoms with Crippen LogP contribution in [0.4, 0.5) is 17.1 Å². The largest absolute Gasteiger partial charge is 0.326 e. The number of hydrogen-bond acceptors (Lipinski definition) is 3. The summed E-state index contributed by atoms with van der Waals surface area (Å²) >= 11 is 0. The molecule has 6 nitrogen and oxygen atoms in total. The molecule has 6 heteroatoms. The molecule has 2 aliphatic carbocycles. The van der Waals surface area contributed by atoms with Gasteiger partial charge in [-0.3, -0.25) is 14.4 Å². The van der Waals surface area contributed by atoms with Crippen LogP contribution in [0.3, 0.4) is 0 Å². The van der Waals surface area contributed by atoms with E-state index in [1.165, 1.54) is 0 Å². The molecule has 1 aromatic carbocycles. The molecule has 0 saturated heterocycles. The molecule has 3 amide bonds. The predicted molar refractivity (Wildman–Crippen MR) is 157 cm³/mol. The lowest BCUT2D eigenvalue weighted by molar-refractivity contribution is -0.122. The minimum Gasteiger partial charge on any atom is -0.326 e. The third kappa shape index (κ3) is 8.31. The van der Waals surface area contributed by atoms with Crippen LogP contribution in [0.2, 0.25) is 0 Å². The van der Waals surface area contributed by atoms with E-state index in [1.807, 2.05) is 19.9 Å². The molecule has 1 aromatic rings. The van der Waals surface area contributed by atoms with Crippen LogP contribution < -0.4 is 16.0 Å². The maximum atomic E-state index is 13.2. The molecule has 212 valence electrons. The number of amides is 3. The molecule has 0 atom stereocenters. The van der Waals surface area contributed by atoms with E-state index in [9.17, 15) is 14.4 Å². The quantitative estimate of drug-likeness (QED) is 0.353. The first-order chi connectivity index (χ1) is 17.6. The molecule has 3 N–H and O–H groups in total. The van der Waals surface area contributed by atoms with Gasteiger partial charge in [-0.25, -0.2) is 0 Å². The van der Waals surface area contributed by atoms with Crippen LogP contribution in [0.15, 0.2) is 18.2 Å². The molecule has 0 heterocycles. The van der Waals surface area contributed by atoms with Crippen LogP contribution in [0, 0.1) is 40.4 Å². The summed E-state index contributed by atoms with van der Waals surface area (Å²) < 4.78 is 0. The van der Waals surface area contributed by atoms with Crippen LogP contribution in [0.1, 0.15) is 107 Å². The summed E-state index contributed by atoms with van der Waals surface area (Å²) in [5.41, 5.74) is 2.31. The molecule has 0 unspecified atom stereocenters. The molecule has 2 fully saturated rings. The number of anilines is 3. The lowest BCUT2D eigenvalue weighted by Gasteiger charge is -2.36. The highest BCUT2D eigenvalue weighted by atomic mass is 16.2. The smallest absolute Gasteiger partial charge is 0.227 e. The van der Waals surface area contributed by atoms with E-state index >= 15 is 0 Å². The Bertz CT molecular complexity index is 920. The van der Waals surface area contributed by atoms with E-state index in [2.05, 4.69) is 57.5 Å². The van der Waals surface area contributed by atoms with Crippen LogP contribution in [-0.2, 0) is 14.4 Å². The fourth-order valence-electron chi connectivity index (χ4n) is 6.06. The highest BCUT2D eigenvalue weighted by molar-refractivity contribution is 5.99. The second kappa shape index (κ2) is 12.2. The monoisotopic (exact) mass is 525 g/mol. The second-order valence-electron chi connectivity index (χ2n) is 14.3. The standard InChI is InChI=1S/C32H51N3O3/c1-20(2)28(36)33-25-17-26(34-29(37)21-9-13-23(14-10-21)31(3,4)5)19-27(18-25)35-30(38)22-11-15-24(16-12-22)32(6,7)8/h17-24H,9-16H2,1-8H3,(H,33,36)(H,34,37)(H,35,38)/t21-,22-,23-,24-. The average molecular weight is 526 g/mol. The van der Waals surface area contributed by atoms with E-state index in [0.717, 1.165) is 51.4 Å². The molecule has 0 bridgehead atoms. The van der Waals surface area contributed by atoms with Gasteiger partial charge < -0.3 is 16.0 Å². The minimum atomic E-state index is -0.178. The number of hydrogen-bond donors (Lipinski definition) is 3. The summed E-state index contributed by atoms with van der Waals surface area (Å²) in [7, 11) is 0. The third-order valence-corrected chi connectivity index (χ3v) is 8.91. The molecule has 3 rings (SSSR count). The molecule has 2 aliphatic rings. The SMILES string of the molecule is CC(C)C(=O)Nc1cc(NC(=O)[C@H]2CC[C@H](C(C)(C)C)CC2)cc(NC(=O)[C@H]2CC[C@H](C(C)(C)C)CC2)c1. The van der Waals surface area contributed by atoms with E-state index in [1.54, 1.807) is 12.1 Å². The van der Waals surface area contributed by atoms with Gasteiger partial charge in [-0.05, 0) is 92.2 Å². The Morgan fingerprint density at radius 1 is 0.605 bits per heavy atom. The highest BCUT2D eigenvalue weighted by Gasteiger charge is 2.33. The fourth-order valence-corrected chi connectivity index (χ4v) is 6.06. The Hall–Kier alpha value is -2.37. The third-order valence-electron chi connectivity index (χ3n) is 8.91. The number of benzene rings is 1. The lowest BCUT2D eigenvalue weighted by atomic mass is 9.69. The minimum absolute atomic E-state index is 0.0152. The molecular formula is C32H51N3O3. The van der Waals surface area contributed by atoms with Crippen molar-refractivity contribution in [2.45, 2.75) is 107 Å². The Kier molecular flexibility index (Phi) is 9.70. The average Bonchev–Trinajstić information content (AvgIpc) is 2.83. The van der Waals surface area contributed by atoms with Crippen LogP contribution >= 0.6 is 0 Å². The van der Waals surface area contributed by atoms with Crippen molar-refractivity contribution < 1.29 is 14.4 Å². The van der Waals surface area contributed by atoms with E-state index in [4.69, 9.17) is 0 Å². The summed E-state index contributed by atoms with van der Waals surface area (Å²) in [6, 6.07) is 5.37. The van der Waals surface area contributed by atoms with Gasteiger partial charge in [0, 0.05) is 34.8 Å². The summed E-state index contributed by atoms with van der Waals surface area (Å²) in [6.07, 6.45) is 7.79. The first-order valence-electron chi connectivity index (χ1n) is 14.7. The number of carbonyl (C=O) groups is 3. The van der Waals surface area contributed by atoms with Crippen LogP contribution in [-0.4, -0.2) is 17.7 Å². The lowest BCUT2D eigenvalue weighted by Crippen LogP contribution is -2.32. The Morgan fingerprint density at radius 2 is 0.921 bits per heavy atom. The topological polar surface area (TPSA) is 87.3 Å². The summed E-state index contributed by atoms with van der Waals surface area (Å²) in [6.45, 7) is 17.4. The highest BCUT2D eigenvalue weighted by Crippen LogP contribution is 2.41. The molecule has 0 radical (unpaired) electrons. The molecule has 38 heavy (non-hydrogen) atoms.